The monoisotopic (exact) mass is 295 g/mol. The molecule has 0 bridgehead atoms. The lowest BCUT2D eigenvalue weighted by atomic mass is 9.85. The Morgan fingerprint density at radius 1 is 1.45 bits per heavy atom. The molecule has 0 radical (unpaired) electrons. The maximum absolute atomic E-state index is 12.0. The standard InChI is InChI=1S/C15H21NO3S/c1-4-19-15(18)11-8-12(9(2)3)20-14(11)16-13(17)10-6-5-7-10/h8-10H,4-7H2,1-3H3,(H,16,17). The van der Waals surface area contributed by atoms with Crippen molar-refractivity contribution in [1.29, 1.82) is 0 Å². The van der Waals surface area contributed by atoms with Crippen molar-refractivity contribution in [3.05, 3.63) is 16.5 Å². The van der Waals surface area contributed by atoms with E-state index < -0.39 is 0 Å². The Labute approximate surface area is 123 Å². The number of anilines is 1. The van der Waals surface area contributed by atoms with E-state index in [0.717, 1.165) is 24.1 Å². The smallest absolute Gasteiger partial charge is 0.341 e. The molecular weight excluding hydrogens is 274 g/mol. The molecule has 110 valence electrons. The molecule has 0 saturated heterocycles. The zero-order chi connectivity index (χ0) is 14.7. The molecule has 1 saturated carbocycles. The molecule has 1 amide bonds. The number of carbonyl (C=O) groups is 2. The van der Waals surface area contributed by atoms with Crippen LogP contribution in [0.2, 0.25) is 0 Å². The number of hydrogen-bond acceptors (Lipinski definition) is 4. The van der Waals surface area contributed by atoms with Gasteiger partial charge in [0.15, 0.2) is 0 Å². The zero-order valence-electron chi connectivity index (χ0n) is 12.2. The highest BCUT2D eigenvalue weighted by Crippen LogP contribution is 2.35. The van der Waals surface area contributed by atoms with Crippen molar-refractivity contribution < 1.29 is 14.3 Å². The topological polar surface area (TPSA) is 55.4 Å². The van der Waals surface area contributed by atoms with Crippen molar-refractivity contribution in [3.8, 4) is 0 Å². The minimum absolute atomic E-state index is 0.0268. The summed E-state index contributed by atoms with van der Waals surface area (Å²) in [5, 5.41) is 3.53. The van der Waals surface area contributed by atoms with Crippen LogP contribution < -0.4 is 5.32 Å². The summed E-state index contributed by atoms with van der Waals surface area (Å²) < 4.78 is 5.06. The summed E-state index contributed by atoms with van der Waals surface area (Å²) in [6.07, 6.45) is 3.01. The van der Waals surface area contributed by atoms with Crippen molar-refractivity contribution in [3.63, 3.8) is 0 Å². The van der Waals surface area contributed by atoms with E-state index in [2.05, 4.69) is 19.2 Å². The molecule has 0 aliphatic heterocycles. The van der Waals surface area contributed by atoms with Gasteiger partial charge in [-0.1, -0.05) is 20.3 Å². The lowest BCUT2D eigenvalue weighted by molar-refractivity contribution is -0.122. The van der Waals surface area contributed by atoms with Gasteiger partial charge in [0.2, 0.25) is 5.91 Å². The van der Waals surface area contributed by atoms with Gasteiger partial charge in [-0.05, 0) is 31.7 Å². The van der Waals surface area contributed by atoms with Crippen LogP contribution in [0.4, 0.5) is 5.00 Å². The molecule has 2 rings (SSSR count). The first-order chi connectivity index (χ1) is 9.52. The van der Waals surface area contributed by atoms with Gasteiger partial charge in [0.25, 0.3) is 0 Å². The third-order valence-electron chi connectivity index (χ3n) is 3.53. The summed E-state index contributed by atoms with van der Waals surface area (Å²) in [6, 6.07) is 1.84. The average molecular weight is 295 g/mol. The van der Waals surface area contributed by atoms with Gasteiger partial charge in [-0.25, -0.2) is 4.79 Å². The molecule has 0 spiro atoms. The third-order valence-corrected chi connectivity index (χ3v) is 4.88. The van der Waals surface area contributed by atoms with Crippen molar-refractivity contribution in [1.82, 2.24) is 0 Å². The van der Waals surface area contributed by atoms with E-state index in [1.807, 2.05) is 6.07 Å². The summed E-state index contributed by atoms with van der Waals surface area (Å²) >= 11 is 1.47. The van der Waals surface area contributed by atoms with Crippen molar-refractivity contribution in [2.24, 2.45) is 5.92 Å². The van der Waals surface area contributed by atoms with Crippen LogP contribution in [0.15, 0.2) is 6.07 Å². The van der Waals surface area contributed by atoms with Gasteiger partial charge in [-0.15, -0.1) is 11.3 Å². The molecule has 1 fully saturated rings. The Balaban J connectivity index is 2.19. The number of rotatable bonds is 5. The van der Waals surface area contributed by atoms with E-state index in [0.29, 0.717) is 23.1 Å². The highest BCUT2D eigenvalue weighted by molar-refractivity contribution is 7.16. The Morgan fingerprint density at radius 2 is 2.15 bits per heavy atom. The Bertz CT molecular complexity index is 503. The van der Waals surface area contributed by atoms with Crippen LogP contribution in [-0.4, -0.2) is 18.5 Å². The number of ether oxygens (including phenoxy) is 1. The lowest BCUT2D eigenvalue weighted by Crippen LogP contribution is -2.28. The Kier molecular flexibility index (Phi) is 4.81. The number of hydrogen-bond donors (Lipinski definition) is 1. The maximum atomic E-state index is 12.0. The summed E-state index contributed by atoms with van der Waals surface area (Å²) in [6.45, 7) is 6.25. The molecular formula is C15H21NO3S. The molecule has 0 atom stereocenters. The van der Waals surface area contributed by atoms with Gasteiger partial charge >= 0.3 is 5.97 Å². The van der Waals surface area contributed by atoms with Crippen LogP contribution in [-0.2, 0) is 9.53 Å². The second-order valence-electron chi connectivity index (χ2n) is 5.38. The SMILES string of the molecule is CCOC(=O)c1cc(C(C)C)sc1NC(=O)C1CCC1. The molecule has 1 aromatic heterocycles. The van der Waals surface area contributed by atoms with Crippen LogP contribution >= 0.6 is 11.3 Å². The predicted molar refractivity (Wildman–Crippen MR) is 80.3 cm³/mol. The normalized spacial score (nSPS) is 15.0. The Morgan fingerprint density at radius 3 is 2.65 bits per heavy atom. The number of carbonyl (C=O) groups excluding carboxylic acids is 2. The van der Waals surface area contributed by atoms with E-state index in [1.54, 1.807) is 6.92 Å². The molecule has 1 aliphatic rings. The fraction of sp³-hybridized carbons (Fsp3) is 0.600. The average Bonchev–Trinajstić information content (AvgIpc) is 2.71. The maximum Gasteiger partial charge on any atom is 0.341 e. The first kappa shape index (κ1) is 15.0. The molecule has 4 nitrogen and oxygen atoms in total. The van der Waals surface area contributed by atoms with E-state index in [4.69, 9.17) is 4.74 Å². The largest absolute Gasteiger partial charge is 0.462 e. The highest BCUT2D eigenvalue weighted by Gasteiger charge is 2.27. The van der Waals surface area contributed by atoms with Gasteiger partial charge in [0.1, 0.15) is 5.00 Å². The quantitative estimate of drug-likeness (QED) is 0.841. The van der Waals surface area contributed by atoms with Gasteiger partial charge in [0.05, 0.1) is 12.2 Å². The molecule has 0 unspecified atom stereocenters. The third kappa shape index (κ3) is 3.20. The van der Waals surface area contributed by atoms with Gasteiger partial charge < -0.3 is 10.1 Å². The molecule has 1 aromatic rings. The summed E-state index contributed by atoms with van der Waals surface area (Å²) in [7, 11) is 0. The lowest BCUT2D eigenvalue weighted by Gasteiger charge is -2.23. The van der Waals surface area contributed by atoms with Crippen molar-refractivity contribution in [2.75, 3.05) is 11.9 Å². The van der Waals surface area contributed by atoms with E-state index in [-0.39, 0.29) is 17.8 Å². The molecule has 5 heteroatoms. The second-order valence-corrected chi connectivity index (χ2v) is 6.47. The Hall–Kier alpha value is -1.36. The van der Waals surface area contributed by atoms with Gasteiger partial charge in [0, 0.05) is 10.8 Å². The zero-order valence-corrected chi connectivity index (χ0v) is 13.0. The fourth-order valence-electron chi connectivity index (χ4n) is 2.03. The number of amides is 1. The first-order valence-corrected chi connectivity index (χ1v) is 7.96. The molecule has 1 N–H and O–H groups in total. The molecule has 20 heavy (non-hydrogen) atoms. The molecule has 1 heterocycles. The van der Waals surface area contributed by atoms with Crippen LogP contribution in [0.3, 0.4) is 0 Å². The van der Waals surface area contributed by atoms with Crippen LogP contribution in [0.25, 0.3) is 0 Å². The van der Waals surface area contributed by atoms with Crippen molar-refractivity contribution >= 4 is 28.2 Å². The summed E-state index contributed by atoms with van der Waals surface area (Å²) in [4.78, 5) is 25.1. The number of nitrogens with one attached hydrogen (secondary N) is 1. The van der Waals surface area contributed by atoms with E-state index in [9.17, 15) is 9.59 Å². The predicted octanol–water partition coefficient (Wildman–Crippen LogP) is 3.79. The van der Waals surface area contributed by atoms with Crippen molar-refractivity contribution in [2.45, 2.75) is 46.0 Å². The second kappa shape index (κ2) is 6.39. The van der Waals surface area contributed by atoms with Crippen LogP contribution in [0, 0.1) is 5.92 Å². The number of thiophene rings is 1. The fourth-order valence-corrected chi connectivity index (χ4v) is 3.08. The number of esters is 1. The minimum Gasteiger partial charge on any atom is -0.462 e. The van der Waals surface area contributed by atoms with Gasteiger partial charge in [-0.3, -0.25) is 4.79 Å². The van der Waals surface area contributed by atoms with E-state index >= 15 is 0 Å². The summed E-state index contributed by atoms with van der Waals surface area (Å²) in [5.41, 5.74) is 0.480. The van der Waals surface area contributed by atoms with Crippen LogP contribution in [0.1, 0.15) is 61.2 Å². The van der Waals surface area contributed by atoms with E-state index in [1.165, 1.54) is 11.3 Å². The van der Waals surface area contributed by atoms with Gasteiger partial charge in [-0.2, -0.15) is 0 Å². The molecule has 0 aromatic carbocycles. The van der Waals surface area contributed by atoms with Crippen LogP contribution in [0.5, 0.6) is 0 Å². The molecule has 1 aliphatic carbocycles. The summed E-state index contributed by atoms with van der Waals surface area (Å²) in [5.74, 6) is 0.0932. The first-order valence-electron chi connectivity index (χ1n) is 7.14. The highest BCUT2D eigenvalue weighted by atomic mass is 32.1. The minimum atomic E-state index is -0.362.